The Balaban J connectivity index is 1.87. The first-order chi connectivity index (χ1) is 11.6. The van der Waals surface area contributed by atoms with Crippen molar-refractivity contribution in [1.82, 2.24) is 14.5 Å². The van der Waals surface area contributed by atoms with Crippen molar-refractivity contribution in [1.29, 1.82) is 0 Å². The number of imidazole rings is 1. The predicted molar refractivity (Wildman–Crippen MR) is 81.3 cm³/mol. The first-order valence-electron chi connectivity index (χ1n) is 7.32. The highest BCUT2D eigenvalue weighted by atomic mass is 19.1. The van der Waals surface area contributed by atoms with Gasteiger partial charge in [-0.15, -0.1) is 0 Å². The largest absolute Gasteiger partial charge is 0.324 e. The molecule has 1 aliphatic heterocycles. The molecule has 24 heavy (non-hydrogen) atoms. The SMILES string of the molecule is [N-]=[N+]=Nc1c(F)ccc(C2CC(C=O)N(Cn3ccnc3)C2)c1F. The molecule has 0 radical (unpaired) electrons. The summed E-state index contributed by atoms with van der Waals surface area (Å²) in [5.74, 6) is -2.07. The molecule has 0 amide bonds. The van der Waals surface area contributed by atoms with Gasteiger partial charge in [0.05, 0.1) is 19.0 Å². The van der Waals surface area contributed by atoms with E-state index in [1.54, 1.807) is 18.7 Å². The number of halogens is 2. The predicted octanol–water partition coefficient (Wildman–Crippen LogP) is 3.12. The van der Waals surface area contributed by atoms with E-state index in [0.29, 0.717) is 19.6 Å². The van der Waals surface area contributed by atoms with Crippen LogP contribution in [0.3, 0.4) is 0 Å². The minimum atomic E-state index is -0.908. The van der Waals surface area contributed by atoms with Crippen LogP contribution in [-0.4, -0.2) is 33.3 Å². The maximum absolute atomic E-state index is 14.5. The van der Waals surface area contributed by atoms with E-state index < -0.39 is 17.3 Å². The zero-order valence-electron chi connectivity index (χ0n) is 12.6. The third-order valence-electron chi connectivity index (χ3n) is 4.19. The van der Waals surface area contributed by atoms with E-state index in [1.807, 2.05) is 9.47 Å². The fourth-order valence-electron chi connectivity index (χ4n) is 3.05. The summed E-state index contributed by atoms with van der Waals surface area (Å²) in [7, 11) is 0. The summed E-state index contributed by atoms with van der Waals surface area (Å²) in [5.41, 5.74) is 8.07. The molecule has 2 unspecified atom stereocenters. The van der Waals surface area contributed by atoms with Gasteiger partial charge >= 0.3 is 0 Å². The van der Waals surface area contributed by atoms with Crippen LogP contribution in [-0.2, 0) is 11.5 Å². The minimum Gasteiger partial charge on any atom is -0.324 e. The first kappa shape index (κ1) is 16.1. The van der Waals surface area contributed by atoms with Gasteiger partial charge in [-0.05, 0) is 23.6 Å². The van der Waals surface area contributed by atoms with Gasteiger partial charge in [0, 0.05) is 29.8 Å². The average Bonchev–Trinajstić information content (AvgIpc) is 3.21. The van der Waals surface area contributed by atoms with Crippen LogP contribution in [0.1, 0.15) is 17.9 Å². The summed E-state index contributed by atoms with van der Waals surface area (Å²) >= 11 is 0. The van der Waals surface area contributed by atoms with Gasteiger partial charge in [-0.2, -0.15) is 0 Å². The molecule has 0 bridgehead atoms. The van der Waals surface area contributed by atoms with E-state index in [2.05, 4.69) is 15.0 Å². The smallest absolute Gasteiger partial charge is 0.139 e. The molecule has 124 valence electrons. The lowest BCUT2D eigenvalue weighted by atomic mass is 9.95. The summed E-state index contributed by atoms with van der Waals surface area (Å²) in [6.45, 7) is 0.881. The van der Waals surface area contributed by atoms with Crippen molar-refractivity contribution in [2.24, 2.45) is 5.11 Å². The Hall–Kier alpha value is -2.77. The molecule has 9 heteroatoms. The molecule has 1 aliphatic rings. The molecule has 7 nitrogen and oxygen atoms in total. The maximum Gasteiger partial charge on any atom is 0.139 e. The lowest BCUT2D eigenvalue weighted by molar-refractivity contribution is -0.112. The number of carbonyl (C=O) groups excluding carboxylic acids is 1. The fourth-order valence-corrected chi connectivity index (χ4v) is 3.05. The molecule has 1 aromatic carbocycles. The number of hydrogen-bond acceptors (Lipinski definition) is 4. The quantitative estimate of drug-likeness (QED) is 0.365. The van der Waals surface area contributed by atoms with Crippen molar-refractivity contribution in [2.75, 3.05) is 6.54 Å². The normalized spacial score (nSPS) is 20.8. The standard InChI is InChI=1S/C15H14F2N6O/c16-13-2-1-12(14(17)15(13)20-21-18)10-5-11(7-24)23(6-10)9-22-4-3-19-8-22/h1-4,7-8,10-11H,5-6,9H2. The second-order valence-corrected chi connectivity index (χ2v) is 5.61. The van der Waals surface area contributed by atoms with E-state index in [1.165, 1.54) is 6.07 Å². The second-order valence-electron chi connectivity index (χ2n) is 5.61. The van der Waals surface area contributed by atoms with Gasteiger partial charge in [0.1, 0.15) is 23.6 Å². The van der Waals surface area contributed by atoms with Crippen LogP contribution >= 0.6 is 0 Å². The van der Waals surface area contributed by atoms with E-state index >= 15 is 0 Å². The van der Waals surface area contributed by atoms with Crippen molar-refractivity contribution in [3.63, 3.8) is 0 Å². The van der Waals surface area contributed by atoms with Gasteiger partial charge in [0.25, 0.3) is 0 Å². The van der Waals surface area contributed by atoms with E-state index in [0.717, 1.165) is 12.4 Å². The van der Waals surface area contributed by atoms with Gasteiger partial charge in [-0.3, -0.25) is 4.90 Å². The summed E-state index contributed by atoms with van der Waals surface area (Å²) in [6, 6.07) is 2.05. The average molecular weight is 332 g/mol. The molecule has 2 heterocycles. The maximum atomic E-state index is 14.5. The highest BCUT2D eigenvalue weighted by Gasteiger charge is 2.34. The summed E-state index contributed by atoms with van der Waals surface area (Å²) in [6.07, 6.45) is 6.28. The molecule has 1 fully saturated rings. The zero-order valence-corrected chi connectivity index (χ0v) is 12.6. The third kappa shape index (κ3) is 2.99. The van der Waals surface area contributed by atoms with Gasteiger partial charge in [-0.1, -0.05) is 11.2 Å². The Morgan fingerprint density at radius 2 is 2.29 bits per heavy atom. The molecular weight excluding hydrogens is 318 g/mol. The van der Waals surface area contributed by atoms with Crippen molar-refractivity contribution in [3.8, 4) is 0 Å². The Morgan fingerprint density at radius 1 is 1.46 bits per heavy atom. The number of aldehydes is 1. The van der Waals surface area contributed by atoms with Crippen molar-refractivity contribution in [3.05, 3.63) is 58.5 Å². The van der Waals surface area contributed by atoms with Crippen LogP contribution < -0.4 is 0 Å². The summed E-state index contributed by atoms with van der Waals surface area (Å²) in [5, 5.41) is 3.09. The number of carbonyl (C=O) groups is 1. The van der Waals surface area contributed by atoms with E-state index in [9.17, 15) is 13.6 Å². The van der Waals surface area contributed by atoms with Crippen LogP contribution in [0.2, 0.25) is 0 Å². The van der Waals surface area contributed by atoms with Crippen LogP contribution in [0.25, 0.3) is 10.4 Å². The highest BCUT2D eigenvalue weighted by molar-refractivity contribution is 5.59. The summed E-state index contributed by atoms with van der Waals surface area (Å²) in [4.78, 5) is 19.7. The Bertz CT molecular complexity index is 788. The Morgan fingerprint density at radius 3 is 2.96 bits per heavy atom. The molecule has 0 N–H and O–H groups in total. The topological polar surface area (TPSA) is 86.9 Å². The number of hydrogen-bond donors (Lipinski definition) is 0. The molecule has 0 aliphatic carbocycles. The monoisotopic (exact) mass is 332 g/mol. The van der Waals surface area contributed by atoms with E-state index in [-0.39, 0.29) is 17.5 Å². The first-order valence-corrected chi connectivity index (χ1v) is 7.32. The molecule has 0 spiro atoms. The number of aromatic nitrogens is 2. The number of likely N-dealkylation sites (tertiary alicyclic amines) is 1. The molecule has 3 rings (SSSR count). The number of rotatable bonds is 5. The Kier molecular flexibility index (Phi) is 4.54. The van der Waals surface area contributed by atoms with Gasteiger partial charge < -0.3 is 9.36 Å². The van der Waals surface area contributed by atoms with Crippen molar-refractivity contribution >= 4 is 12.0 Å². The Labute approximate surface area is 136 Å². The van der Waals surface area contributed by atoms with E-state index in [4.69, 9.17) is 5.53 Å². The molecule has 1 aromatic heterocycles. The van der Waals surface area contributed by atoms with Gasteiger partial charge in [0.2, 0.25) is 0 Å². The lowest BCUT2D eigenvalue weighted by Gasteiger charge is -2.20. The lowest BCUT2D eigenvalue weighted by Crippen LogP contribution is -2.32. The zero-order chi connectivity index (χ0) is 17.1. The fraction of sp³-hybridized carbons (Fsp3) is 0.333. The van der Waals surface area contributed by atoms with Crippen molar-refractivity contribution in [2.45, 2.75) is 25.0 Å². The molecule has 1 saturated heterocycles. The second kappa shape index (κ2) is 6.77. The minimum absolute atomic E-state index is 0.249. The van der Waals surface area contributed by atoms with Crippen LogP contribution in [0, 0.1) is 11.6 Å². The third-order valence-corrected chi connectivity index (χ3v) is 4.19. The van der Waals surface area contributed by atoms with Crippen molar-refractivity contribution < 1.29 is 13.6 Å². The molecular formula is C15H14F2N6O. The molecule has 2 atom stereocenters. The van der Waals surface area contributed by atoms with Crippen LogP contribution in [0.4, 0.5) is 14.5 Å². The molecule has 2 aromatic rings. The number of benzene rings is 1. The van der Waals surface area contributed by atoms with Gasteiger partial charge in [-0.25, -0.2) is 13.8 Å². The highest BCUT2D eigenvalue weighted by Crippen LogP contribution is 2.36. The number of nitrogens with zero attached hydrogens (tertiary/aromatic N) is 6. The van der Waals surface area contributed by atoms with Crippen LogP contribution in [0.15, 0.2) is 36.0 Å². The van der Waals surface area contributed by atoms with Gasteiger partial charge in [0.15, 0.2) is 0 Å². The summed E-state index contributed by atoms with van der Waals surface area (Å²) < 4.78 is 29.9. The molecule has 0 saturated carbocycles. The van der Waals surface area contributed by atoms with Crippen LogP contribution in [0.5, 0.6) is 0 Å². The number of azide groups is 1.